The van der Waals surface area contributed by atoms with Crippen LogP contribution in [0.1, 0.15) is 11.1 Å². The zero-order valence-electron chi connectivity index (χ0n) is 14.7. The molecule has 2 rings (SSSR count). The number of benzene rings is 2. The van der Waals surface area contributed by atoms with Crippen molar-refractivity contribution in [3.05, 3.63) is 53.6 Å². The third-order valence-corrected chi connectivity index (χ3v) is 5.39. The highest BCUT2D eigenvalue weighted by molar-refractivity contribution is 8.03. The summed E-state index contributed by atoms with van der Waals surface area (Å²) in [5.41, 5.74) is 2.61. The third-order valence-electron chi connectivity index (χ3n) is 3.68. The molecular formula is C18H19N3O3S2. The number of thiocyanates is 1. The van der Waals surface area contributed by atoms with Gasteiger partial charge in [0.05, 0.1) is 11.9 Å². The molecule has 8 heteroatoms. The second-order valence-corrected chi connectivity index (χ2v) is 8.54. The van der Waals surface area contributed by atoms with Gasteiger partial charge in [0.1, 0.15) is 11.9 Å². The van der Waals surface area contributed by atoms with Crippen LogP contribution in [0.15, 0.2) is 47.4 Å². The lowest BCUT2D eigenvalue weighted by atomic mass is 10.1. The summed E-state index contributed by atoms with van der Waals surface area (Å²) < 4.78 is 25.6. The SMILES string of the molecule is Cc1cccc(C)c1N(CC(=O)Nc1ccc(SC#N)cc1)S(C)(=O)=O. The van der Waals surface area contributed by atoms with E-state index < -0.39 is 15.9 Å². The predicted octanol–water partition coefficient (Wildman–Crippen LogP) is 3.28. The number of para-hydroxylation sites is 1. The van der Waals surface area contributed by atoms with Gasteiger partial charge in [-0.25, -0.2) is 8.42 Å². The van der Waals surface area contributed by atoms with E-state index in [1.807, 2.05) is 37.4 Å². The van der Waals surface area contributed by atoms with Crippen molar-refractivity contribution >= 4 is 39.1 Å². The molecule has 136 valence electrons. The van der Waals surface area contributed by atoms with Gasteiger partial charge in [-0.15, -0.1) is 0 Å². The summed E-state index contributed by atoms with van der Waals surface area (Å²) in [7, 11) is -3.63. The lowest BCUT2D eigenvalue weighted by Crippen LogP contribution is -2.38. The zero-order valence-corrected chi connectivity index (χ0v) is 16.3. The Balaban J connectivity index is 2.21. The number of carbonyl (C=O) groups is 1. The van der Waals surface area contributed by atoms with Crippen molar-refractivity contribution in [1.82, 2.24) is 0 Å². The summed E-state index contributed by atoms with van der Waals surface area (Å²) in [6.07, 6.45) is 1.08. The maximum absolute atomic E-state index is 12.4. The Bertz CT molecular complexity index is 928. The van der Waals surface area contributed by atoms with E-state index in [4.69, 9.17) is 5.26 Å². The minimum absolute atomic E-state index is 0.320. The van der Waals surface area contributed by atoms with Gasteiger partial charge < -0.3 is 5.32 Å². The maximum atomic E-state index is 12.4. The molecule has 1 N–H and O–H groups in total. The minimum atomic E-state index is -3.63. The van der Waals surface area contributed by atoms with E-state index in [1.54, 1.807) is 24.3 Å². The van der Waals surface area contributed by atoms with Crippen molar-refractivity contribution in [3.63, 3.8) is 0 Å². The van der Waals surface area contributed by atoms with E-state index >= 15 is 0 Å². The summed E-state index contributed by atoms with van der Waals surface area (Å²) in [4.78, 5) is 13.2. The molecule has 0 spiro atoms. The van der Waals surface area contributed by atoms with E-state index in [1.165, 1.54) is 0 Å². The normalized spacial score (nSPS) is 10.8. The molecule has 0 bridgehead atoms. The second-order valence-electron chi connectivity index (χ2n) is 5.78. The number of anilines is 2. The van der Waals surface area contributed by atoms with Gasteiger partial charge in [0.25, 0.3) is 0 Å². The third kappa shape index (κ3) is 5.00. The summed E-state index contributed by atoms with van der Waals surface area (Å²) >= 11 is 1.02. The van der Waals surface area contributed by atoms with Crippen LogP contribution in [0.3, 0.4) is 0 Å². The summed E-state index contributed by atoms with van der Waals surface area (Å²) in [6, 6.07) is 12.2. The van der Waals surface area contributed by atoms with Gasteiger partial charge in [0.15, 0.2) is 0 Å². The van der Waals surface area contributed by atoms with Crippen molar-refractivity contribution in [2.45, 2.75) is 18.7 Å². The van der Waals surface area contributed by atoms with Crippen LogP contribution in [-0.2, 0) is 14.8 Å². The molecule has 0 atom stereocenters. The molecule has 0 heterocycles. The number of thioether (sulfide) groups is 1. The monoisotopic (exact) mass is 389 g/mol. The highest BCUT2D eigenvalue weighted by Crippen LogP contribution is 2.26. The fraction of sp³-hybridized carbons (Fsp3) is 0.222. The molecule has 0 fully saturated rings. The number of rotatable bonds is 6. The van der Waals surface area contributed by atoms with Crippen LogP contribution in [0.4, 0.5) is 11.4 Å². The fourth-order valence-corrected chi connectivity index (χ4v) is 3.90. The molecule has 0 aliphatic carbocycles. The van der Waals surface area contributed by atoms with Crippen molar-refractivity contribution in [2.75, 3.05) is 22.4 Å². The van der Waals surface area contributed by atoms with Crippen LogP contribution >= 0.6 is 11.8 Å². The van der Waals surface area contributed by atoms with Crippen LogP contribution in [0.2, 0.25) is 0 Å². The molecule has 2 aromatic rings. The number of sulfonamides is 1. The molecule has 0 unspecified atom stereocenters. The number of carbonyl (C=O) groups excluding carboxylic acids is 1. The Hall–Kier alpha value is -2.50. The molecule has 0 aliphatic heterocycles. The van der Waals surface area contributed by atoms with Gasteiger partial charge in [0, 0.05) is 10.6 Å². The highest BCUT2D eigenvalue weighted by Gasteiger charge is 2.23. The standard InChI is InChI=1S/C18H19N3O3S2/c1-13-5-4-6-14(2)18(13)21(26(3,23)24)11-17(22)20-15-7-9-16(10-8-15)25-12-19/h4-10H,11H2,1-3H3,(H,20,22). The highest BCUT2D eigenvalue weighted by atomic mass is 32.2. The molecule has 26 heavy (non-hydrogen) atoms. The van der Waals surface area contributed by atoms with Gasteiger partial charge in [-0.2, -0.15) is 5.26 Å². The topological polar surface area (TPSA) is 90.3 Å². The van der Waals surface area contributed by atoms with Crippen LogP contribution in [0, 0.1) is 24.5 Å². The summed E-state index contributed by atoms with van der Waals surface area (Å²) in [6.45, 7) is 3.30. The number of nitrogens with zero attached hydrogens (tertiary/aromatic N) is 2. The van der Waals surface area contributed by atoms with Gasteiger partial charge in [-0.1, -0.05) is 18.2 Å². The average Bonchev–Trinajstić information content (AvgIpc) is 2.55. The first-order valence-electron chi connectivity index (χ1n) is 7.72. The van der Waals surface area contributed by atoms with Crippen LogP contribution < -0.4 is 9.62 Å². The van der Waals surface area contributed by atoms with Gasteiger partial charge in [-0.3, -0.25) is 9.10 Å². The Kier molecular flexibility index (Phi) is 6.29. The number of hydrogen-bond acceptors (Lipinski definition) is 5. The first-order chi connectivity index (χ1) is 12.2. The Morgan fingerprint density at radius 1 is 1.15 bits per heavy atom. The van der Waals surface area contributed by atoms with Gasteiger partial charge in [0.2, 0.25) is 15.9 Å². The van der Waals surface area contributed by atoms with E-state index in [0.29, 0.717) is 11.4 Å². The van der Waals surface area contributed by atoms with Crippen LogP contribution in [-0.4, -0.2) is 27.1 Å². The summed E-state index contributed by atoms with van der Waals surface area (Å²) in [5.74, 6) is -0.446. The fourth-order valence-electron chi connectivity index (χ4n) is 2.55. The smallest absolute Gasteiger partial charge is 0.245 e. The molecule has 0 aromatic heterocycles. The van der Waals surface area contributed by atoms with Gasteiger partial charge >= 0.3 is 0 Å². The summed E-state index contributed by atoms with van der Waals surface area (Å²) in [5, 5.41) is 13.3. The second kappa shape index (κ2) is 8.25. The Morgan fingerprint density at radius 2 is 1.73 bits per heavy atom. The Labute approximate surface area is 157 Å². The molecule has 0 saturated carbocycles. The first kappa shape index (κ1) is 19.8. The molecule has 2 aromatic carbocycles. The average molecular weight is 390 g/mol. The maximum Gasteiger partial charge on any atom is 0.245 e. The van der Waals surface area contributed by atoms with E-state index in [9.17, 15) is 13.2 Å². The van der Waals surface area contributed by atoms with Crippen LogP contribution in [0.5, 0.6) is 0 Å². The van der Waals surface area contributed by atoms with Gasteiger partial charge in [-0.05, 0) is 61.0 Å². The number of aryl methyl sites for hydroxylation is 2. The zero-order chi connectivity index (χ0) is 19.3. The Morgan fingerprint density at radius 3 is 2.23 bits per heavy atom. The molecule has 6 nitrogen and oxygen atoms in total. The molecule has 0 saturated heterocycles. The van der Waals surface area contributed by atoms with Crippen molar-refractivity contribution in [3.8, 4) is 5.40 Å². The van der Waals surface area contributed by atoms with Crippen LogP contribution in [0.25, 0.3) is 0 Å². The van der Waals surface area contributed by atoms with E-state index in [0.717, 1.165) is 38.3 Å². The van der Waals surface area contributed by atoms with E-state index in [-0.39, 0.29) is 6.54 Å². The molecular weight excluding hydrogens is 370 g/mol. The van der Waals surface area contributed by atoms with Crippen molar-refractivity contribution in [2.24, 2.45) is 0 Å². The lowest BCUT2D eigenvalue weighted by Gasteiger charge is -2.25. The van der Waals surface area contributed by atoms with Crippen molar-refractivity contribution in [1.29, 1.82) is 5.26 Å². The largest absolute Gasteiger partial charge is 0.325 e. The van der Waals surface area contributed by atoms with Crippen molar-refractivity contribution < 1.29 is 13.2 Å². The number of amides is 1. The first-order valence-corrected chi connectivity index (χ1v) is 10.4. The molecule has 1 amide bonds. The minimum Gasteiger partial charge on any atom is -0.325 e. The number of nitriles is 1. The lowest BCUT2D eigenvalue weighted by molar-refractivity contribution is -0.114. The van der Waals surface area contributed by atoms with E-state index in [2.05, 4.69) is 5.32 Å². The molecule has 0 radical (unpaired) electrons. The quantitative estimate of drug-likeness (QED) is 0.605. The molecule has 0 aliphatic rings. The number of nitrogens with one attached hydrogen (secondary N) is 1. The number of hydrogen-bond donors (Lipinski definition) is 1. The predicted molar refractivity (Wildman–Crippen MR) is 105 cm³/mol.